The summed E-state index contributed by atoms with van der Waals surface area (Å²) in [6.07, 6.45) is 0. The summed E-state index contributed by atoms with van der Waals surface area (Å²) in [7, 11) is 0. The molecule has 1 N–H and O–H groups in total. The van der Waals surface area contributed by atoms with Crippen LogP contribution in [0.25, 0.3) is 0 Å². The predicted octanol–water partition coefficient (Wildman–Crippen LogP) is 5.79. The van der Waals surface area contributed by atoms with Crippen molar-refractivity contribution in [3.63, 3.8) is 0 Å². The Labute approximate surface area is 173 Å². The summed E-state index contributed by atoms with van der Waals surface area (Å²) in [6.45, 7) is 6.74. The smallest absolute Gasteiger partial charge is 0.122 e. The summed E-state index contributed by atoms with van der Waals surface area (Å²) in [5.41, 5.74) is 2.19. The number of benzene rings is 3. The van der Waals surface area contributed by atoms with Gasteiger partial charge < -0.3 is 19.5 Å². The second-order valence-corrected chi connectivity index (χ2v) is 7.24. The summed E-state index contributed by atoms with van der Waals surface area (Å²) in [6, 6.07) is 25.9. The lowest BCUT2D eigenvalue weighted by atomic mass is 10.2. The van der Waals surface area contributed by atoms with Crippen LogP contribution in [0, 0.1) is 5.92 Å². The first-order valence-electron chi connectivity index (χ1n) is 10.1. The van der Waals surface area contributed by atoms with Gasteiger partial charge in [-0.3, -0.25) is 0 Å². The molecule has 0 fully saturated rings. The monoisotopic (exact) mass is 391 g/mol. The molecule has 0 bridgehead atoms. The van der Waals surface area contributed by atoms with Gasteiger partial charge in [0, 0.05) is 18.3 Å². The van der Waals surface area contributed by atoms with E-state index in [0.29, 0.717) is 19.1 Å². The van der Waals surface area contributed by atoms with Crippen LogP contribution in [0.5, 0.6) is 17.2 Å². The molecule has 0 aliphatic heterocycles. The van der Waals surface area contributed by atoms with Crippen LogP contribution in [0.4, 0.5) is 5.69 Å². The van der Waals surface area contributed by atoms with Crippen LogP contribution in [0.1, 0.15) is 19.4 Å². The minimum atomic E-state index is 0.494. The molecule has 4 nitrogen and oxygen atoms in total. The first kappa shape index (κ1) is 20.6. The highest BCUT2D eigenvalue weighted by molar-refractivity contribution is 5.48. The van der Waals surface area contributed by atoms with Gasteiger partial charge in [-0.2, -0.15) is 0 Å². The molecule has 3 aromatic rings. The number of para-hydroxylation sites is 1. The summed E-state index contributed by atoms with van der Waals surface area (Å²) >= 11 is 0. The number of ether oxygens (including phenoxy) is 3. The summed E-state index contributed by atoms with van der Waals surface area (Å²) in [5.74, 6) is 3.10. The molecule has 0 heterocycles. The third kappa shape index (κ3) is 7.41. The third-order valence-corrected chi connectivity index (χ3v) is 4.18. The van der Waals surface area contributed by atoms with Gasteiger partial charge in [-0.1, -0.05) is 50.2 Å². The van der Waals surface area contributed by atoms with E-state index in [2.05, 4.69) is 31.3 Å². The Kier molecular flexibility index (Phi) is 7.81. The molecular weight excluding hydrogens is 362 g/mol. The van der Waals surface area contributed by atoms with Crippen LogP contribution in [0.2, 0.25) is 0 Å². The van der Waals surface area contributed by atoms with E-state index in [0.717, 1.165) is 36.1 Å². The standard InChI is InChI=1S/C25H29NO3/c1-20(2)19-29-24-12-6-8-21(16-24)18-26-22-9-7-13-25(17-22)28-15-14-27-23-10-4-3-5-11-23/h3-13,16-17,20,26H,14-15,18-19H2,1-2H3. The number of rotatable bonds is 11. The summed E-state index contributed by atoms with van der Waals surface area (Å²) < 4.78 is 17.3. The van der Waals surface area contributed by atoms with Gasteiger partial charge in [-0.15, -0.1) is 0 Å². The molecule has 152 valence electrons. The molecule has 4 heteroatoms. The second-order valence-electron chi connectivity index (χ2n) is 7.24. The molecule has 0 spiro atoms. The molecule has 3 aromatic carbocycles. The van der Waals surface area contributed by atoms with Crippen molar-refractivity contribution in [3.8, 4) is 17.2 Å². The molecule has 0 saturated carbocycles. The van der Waals surface area contributed by atoms with Crippen LogP contribution in [0.15, 0.2) is 78.9 Å². The Morgan fingerprint density at radius 3 is 2.10 bits per heavy atom. The van der Waals surface area contributed by atoms with Crippen LogP contribution in [-0.4, -0.2) is 19.8 Å². The second kappa shape index (κ2) is 11.0. The molecule has 3 rings (SSSR count). The first-order valence-corrected chi connectivity index (χ1v) is 10.1. The molecule has 0 aromatic heterocycles. The minimum Gasteiger partial charge on any atom is -0.493 e. The highest BCUT2D eigenvalue weighted by Gasteiger charge is 2.01. The number of anilines is 1. The van der Waals surface area contributed by atoms with Crippen molar-refractivity contribution in [1.82, 2.24) is 0 Å². The van der Waals surface area contributed by atoms with E-state index in [1.54, 1.807) is 0 Å². The normalized spacial score (nSPS) is 10.6. The highest BCUT2D eigenvalue weighted by atomic mass is 16.5. The maximum atomic E-state index is 5.81. The van der Waals surface area contributed by atoms with Gasteiger partial charge >= 0.3 is 0 Å². The van der Waals surface area contributed by atoms with Gasteiger partial charge in [0.1, 0.15) is 30.5 Å². The van der Waals surface area contributed by atoms with Crippen molar-refractivity contribution in [1.29, 1.82) is 0 Å². The average molecular weight is 392 g/mol. The Morgan fingerprint density at radius 1 is 0.690 bits per heavy atom. The predicted molar refractivity (Wildman–Crippen MR) is 118 cm³/mol. The summed E-state index contributed by atoms with van der Waals surface area (Å²) in [4.78, 5) is 0. The first-order chi connectivity index (χ1) is 14.2. The van der Waals surface area contributed by atoms with E-state index in [9.17, 15) is 0 Å². The maximum Gasteiger partial charge on any atom is 0.122 e. The molecule has 0 amide bonds. The van der Waals surface area contributed by atoms with Gasteiger partial charge in [0.15, 0.2) is 0 Å². The Balaban J connectivity index is 1.45. The maximum absolute atomic E-state index is 5.81. The zero-order chi connectivity index (χ0) is 20.3. The number of hydrogen-bond acceptors (Lipinski definition) is 4. The van der Waals surface area contributed by atoms with Crippen molar-refractivity contribution in [3.05, 3.63) is 84.4 Å². The fourth-order valence-corrected chi connectivity index (χ4v) is 2.74. The quantitative estimate of drug-likeness (QED) is 0.420. The van der Waals surface area contributed by atoms with E-state index in [1.807, 2.05) is 66.7 Å². The average Bonchev–Trinajstić information content (AvgIpc) is 2.75. The zero-order valence-electron chi connectivity index (χ0n) is 17.1. The molecule has 0 unspecified atom stereocenters. The van der Waals surface area contributed by atoms with Crippen molar-refractivity contribution in [2.45, 2.75) is 20.4 Å². The molecule has 0 saturated heterocycles. The lowest BCUT2D eigenvalue weighted by Gasteiger charge is -2.12. The topological polar surface area (TPSA) is 39.7 Å². The van der Waals surface area contributed by atoms with Crippen molar-refractivity contribution in [2.24, 2.45) is 5.92 Å². The Bertz CT molecular complexity index is 865. The fourth-order valence-electron chi connectivity index (χ4n) is 2.74. The van der Waals surface area contributed by atoms with E-state index in [1.165, 1.54) is 5.56 Å². The van der Waals surface area contributed by atoms with E-state index in [-0.39, 0.29) is 0 Å². The van der Waals surface area contributed by atoms with Gasteiger partial charge in [-0.25, -0.2) is 0 Å². The van der Waals surface area contributed by atoms with Crippen molar-refractivity contribution < 1.29 is 14.2 Å². The zero-order valence-corrected chi connectivity index (χ0v) is 17.1. The van der Waals surface area contributed by atoms with Crippen molar-refractivity contribution in [2.75, 3.05) is 25.1 Å². The Hall–Kier alpha value is -3.14. The van der Waals surface area contributed by atoms with Gasteiger partial charge in [-0.05, 0) is 47.9 Å². The van der Waals surface area contributed by atoms with Gasteiger partial charge in [0.25, 0.3) is 0 Å². The van der Waals surface area contributed by atoms with Gasteiger partial charge in [0.2, 0.25) is 0 Å². The molecule has 0 aliphatic carbocycles. The minimum absolute atomic E-state index is 0.494. The lowest BCUT2D eigenvalue weighted by molar-refractivity contribution is 0.217. The van der Waals surface area contributed by atoms with E-state index >= 15 is 0 Å². The largest absolute Gasteiger partial charge is 0.493 e. The van der Waals surface area contributed by atoms with Crippen LogP contribution in [0.3, 0.4) is 0 Å². The van der Waals surface area contributed by atoms with Crippen LogP contribution in [-0.2, 0) is 6.54 Å². The number of nitrogens with one attached hydrogen (secondary N) is 1. The van der Waals surface area contributed by atoms with Crippen LogP contribution < -0.4 is 19.5 Å². The third-order valence-electron chi connectivity index (χ3n) is 4.18. The Morgan fingerprint density at radius 2 is 1.34 bits per heavy atom. The number of hydrogen-bond donors (Lipinski definition) is 1. The van der Waals surface area contributed by atoms with Gasteiger partial charge in [0.05, 0.1) is 6.61 Å². The van der Waals surface area contributed by atoms with Crippen LogP contribution >= 0.6 is 0 Å². The SMILES string of the molecule is CC(C)COc1cccc(CNc2cccc(OCCOc3ccccc3)c2)c1. The molecule has 29 heavy (non-hydrogen) atoms. The van der Waals surface area contributed by atoms with E-state index in [4.69, 9.17) is 14.2 Å². The molecule has 0 aliphatic rings. The highest BCUT2D eigenvalue weighted by Crippen LogP contribution is 2.20. The molecule has 0 radical (unpaired) electrons. The molecule has 0 atom stereocenters. The van der Waals surface area contributed by atoms with E-state index < -0.39 is 0 Å². The molecular formula is C25H29NO3. The summed E-state index contributed by atoms with van der Waals surface area (Å²) in [5, 5.41) is 3.44. The lowest BCUT2D eigenvalue weighted by Crippen LogP contribution is -2.09. The fraction of sp³-hybridized carbons (Fsp3) is 0.280. The van der Waals surface area contributed by atoms with Crippen molar-refractivity contribution >= 4 is 5.69 Å².